The Hall–Kier alpha value is -0.920. The van der Waals surface area contributed by atoms with Gasteiger partial charge in [-0.05, 0) is 62.3 Å². The molecule has 2 unspecified atom stereocenters. The van der Waals surface area contributed by atoms with Gasteiger partial charge in [-0.2, -0.15) is 0 Å². The third-order valence-corrected chi connectivity index (χ3v) is 3.96. The lowest BCUT2D eigenvalue weighted by Crippen LogP contribution is -2.02. The molecule has 2 atom stereocenters. The zero-order chi connectivity index (χ0) is 10.1. The van der Waals surface area contributed by atoms with Crippen LogP contribution in [0.25, 0.3) is 0 Å². The maximum absolute atomic E-state index is 4.42. The average molecular weight is 202 g/mol. The summed E-state index contributed by atoms with van der Waals surface area (Å²) in [5, 5.41) is 0. The van der Waals surface area contributed by atoms with Crippen LogP contribution in [0.15, 0.2) is 12.5 Å². The molecule has 0 spiro atoms. The lowest BCUT2D eigenvalue weighted by atomic mass is 9.99. The average Bonchev–Trinajstić information content (AvgIpc) is 3.00. The van der Waals surface area contributed by atoms with Gasteiger partial charge in [-0.15, -0.1) is 0 Å². The highest BCUT2D eigenvalue weighted by Gasteiger charge is 2.35. The topological polar surface area (TPSA) is 25.8 Å². The maximum Gasteiger partial charge on any atom is 0.115 e. The first kappa shape index (κ1) is 9.32. The summed E-state index contributed by atoms with van der Waals surface area (Å²) in [6, 6.07) is 0. The number of fused-ring (bicyclic) bond motifs is 2. The molecule has 0 radical (unpaired) electrons. The van der Waals surface area contributed by atoms with Gasteiger partial charge >= 0.3 is 0 Å². The number of hydrogen-bond acceptors (Lipinski definition) is 2. The van der Waals surface area contributed by atoms with Crippen LogP contribution in [-0.4, -0.2) is 9.97 Å². The van der Waals surface area contributed by atoms with Crippen LogP contribution in [-0.2, 0) is 12.8 Å². The van der Waals surface area contributed by atoms with Crippen molar-refractivity contribution in [1.82, 2.24) is 9.97 Å². The van der Waals surface area contributed by atoms with E-state index in [1.807, 2.05) is 6.20 Å². The Morgan fingerprint density at radius 3 is 2.73 bits per heavy atom. The van der Waals surface area contributed by atoms with Gasteiger partial charge in [-0.1, -0.05) is 0 Å². The SMILES string of the molecule is c1ncc2c(n1)CCCC1CC1CCC2. The molecular formula is C13H18N2. The van der Waals surface area contributed by atoms with E-state index in [4.69, 9.17) is 0 Å². The van der Waals surface area contributed by atoms with Gasteiger partial charge in [0.15, 0.2) is 0 Å². The van der Waals surface area contributed by atoms with Gasteiger partial charge in [-0.25, -0.2) is 9.97 Å². The third-order valence-electron chi connectivity index (χ3n) is 3.96. The largest absolute Gasteiger partial charge is 0.245 e. The minimum atomic E-state index is 1.06. The second-order valence-corrected chi connectivity index (χ2v) is 5.03. The number of aryl methyl sites for hydroxylation is 2. The van der Waals surface area contributed by atoms with E-state index in [0.717, 1.165) is 11.8 Å². The third kappa shape index (κ3) is 2.04. The van der Waals surface area contributed by atoms with Crippen LogP contribution in [0.2, 0.25) is 0 Å². The lowest BCUT2D eigenvalue weighted by Gasteiger charge is -2.09. The highest BCUT2D eigenvalue weighted by Crippen LogP contribution is 2.45. The standard InChI is InChI=1S/C13H18N2/c1-3-10-7-11(10)4-2-6-13-12(5-1)8-14-9-15-13/h8-11H,1-7H2. The second-order valence-electron chi connectivity index (χ2n) is 5.03. The molecule has 0 bridgehead atoms. The zero-order valence-corrected chi connectivity index (χ0v) is 9.15. The van der Waals surface area contributed by atoms with E-state index >= 15 is 0 Å². The van der Waals surface area contributed by atoms with Gasteiger partial charge in [-0.3, -0.25) is 0 Å². The molecule has 1 aromatic rings. The van der Waals surface area contributed by atoms with Crippen LogP contribution in [0.4, 0.5) is 0 Å². The molecule has 1 heterocycles. The first-order chi connectivity index (χ1) is 7.43. The highest BCUT2D eigenvalue weighted by molar-refractivity contribution is 5.16. The highest BCUT2D eigenvalue weighted by atomic mass is 14.8. The van der Waals surface area contributed by atoms with Crippen molar-refractivity contribution in [3.8, 4) is 0 Å². The van der Waals surface area contributed by atoms with Gasteiger partial charge in [0.25, 0.3) is 0 Å². The quantitative estimate of drug-likeness (QED) is 0.646. The normalized spacial score (nSPS) is 30.1. The minimum absolute atomic E-state index is 1.06. The van der Waals surface area contributed by atoms with Crippen molar-refractivity contribution in [2.45, 2.75) is 44.9 Å². The summed E-state index contributed by atoms with van der Waals surface area (Å²) in [6.45, 7) is 0. The predicted molar refractivity (Wildman–Crippen MR) is 59.5 cm³/mol. The first-order valence-electron chi connectivity index (χ1n) is 6.21. The van der Waals surface area contributed by atoms with E-state index in [1.54, 1.807) is 6.33 Å². The van der Waals surface area contributed by atoms with Crippen molar-refractivity contribution in [3.05, 3.63) is 23.8 Å². The minimum Gasteiger partial charge on any atom is -0.245 e. The van der Waals surface area contributed by atoms with Crippen molar-refractivity contribution >= 4 is 0 Å². The van der Waals surface area contributed by atoms with Gasteiger partial charge in [0, 0.05) is 11.9 Å². The molecule has 3 rings (SSSR count). The van der Waals surface area contributed by atoms with Crippen LogP contribution in [0.5, 0.6) is 0 Å². The van der Waals surface area contributed by atoms with Gasteiger partial charge in [0.05, 0.1) is 0 Å². The molecule has 0 amide bonds. The van der Waals surface area contributed by atoms with Crippen LogP contribution in [0, 0.1) is 11.8 Å². The molecule has 0 aromatic carbocycles. The predicted octanol–water partition coefficient (Wildman–Crippen LogP) is 2.77. The molecule has 2 heteroatoms. The Bertz CT molecular complexity index is 315. The van der Waals surface area contributed by atoms with Crippen LogP contribution >= 0.6 is 0 Å². The molecule has 1 saturated carbocycles. The molecule has 2 aliphatic rings. The summed E-state index contributed by atoms with van der Waals surface area (Å²) >= 11 is 0. The summed E-state index contributed by atoms with van der Waals surface area (Å²) in [7, 11) is 0. The van der Waals surface area contributed by atoms with Crippen LogP contribution in [0.1, 0.15) is 43.4 Å². The van der Waals surface area contributed by atoms with E-state index in [2.05, 4.69) is 9.97 Å². The number of aromatic nitrogens is 2. The molecule has 80 valence electrons. The molecule has 15 heavy (non-hydrogen) atoms. The molecule has 0 N–H and O–H groups in total. The molecule has 0 saturated heterocycles. The number of hydrogen-bond donors (Lipinski definition) is 0. The Kier molecular flexibility index (Phi) is 2.43. The molecule has 2 nitrogen and oxygen atoms in total. The first-order valence-corrected chi connectivity index (χ1v) is 6.21. The fourth-order valence-electron chi connectivity index (χ4n) is 2.92. The summed E-state index contributed by atoms with van der Waals surface area (Å²) in [5.74, 6) is 2.13. The molecule has 0 aliphatic heterocycles. The fourth-order valence-corrected chi connectivity index (χ4v) is 2.92. The lowest BCUT2D eigenvalue weighted by molar-refractivity contribution is 0.550. The van der Waals surface area contributed by atoms with Crippen molar-refractivity contribution < 1.29 is 0 Å². The van der Waals surface area contributed by atoms with Crippen LogP contribution < -0.4 is 0 Å². The van der Waals surface area contributed by atoms with Crippen molar-refractivity contribution in [1.29, 1.82) is 0 Å². The molecular weight excluding hydrogens is 184 g/mol. The fraction of sp³-hybridized carbons (Fsp3) is 0.692. The Labute approximate surface area is 91.1 Å². The van der Waals surface area contributed by atoms with Crippen molar-refractivity contribution in [2.75, 3.05) is 0 Å². The smallest absolute Gasteiger partial charge is 0.115 e. The molecule has 2 aliphatic carbocycles. The second kappa shape index (κ2) is 3.92. The maximum atomic E-state index is 4.42. The Morgan fingerprint density at radius 1 is 1.07 bits per heavy atom. The summed E-state index contributed by atoms with van der Waals surface area (Å²) < 4.78 is 0. The summed E-state index contributed by atoms with van der Waals surface area (Å²) in [4.78, 5) is 8.56. The van der Waals surface area contributed by atoms with Crippen molar-refractivity contribution in [2.24, 2.45) is 11.8 Å². The van der Waals surface area contributed by atoms with Gasteiger partial charge < -0.3 is 0 Å². The Morgan fingerprint density at radius 2 is 1.87 bits per heavy atom. The van der Waals surface area contributed by atoms with E-state index in [0.29, 0.717) is 0 Å². The molecule has 1 aromatic heterocycles. The monoisotopic (exact) mass is 202 g/mol. The van der Waals surface area contributed by atoms with Crippen LogP contribution in [0.3, 0.4) is 0 Å². The number of nitrogens with zero attached hydrogens (tertiary/aromatic N) is 2. The number of rotatable bonds is 0. The Balaban J connectivity index is 1.76. The van der Waals surface area contributed by atoms with E-state index in [1.165, 1.54) is 56.2 Å². The van der Waals surface area contributed by atoms with Crippen molar-refractivity contribution in [3.63, 3.8) is 0 Å². The van der Waals surface area contributed by atoms with Gasteiger partial charge in [0.1, 0.15) is 6.33 Å². The van der Waals surface area contributed by atoms with E-state index in [9.17, 15) is 0 Å². The van der Waals surface area contributed by atoms with E-state index < -0.39 is 0 Å². The summed E-state index contributed by atoms with van der Waals surface area (Å²) in [5.41, 5.74) is 2.71. The van der Waals surface area contributed by atoms with Gasteiger partial charge in [0.2, 0.25) is 0 Å². The molecule has 1 fully saturated rings. The summed E-state index contributed by atoms with van der Waals surface area (Å²) in [6.07, 6.45) is 13.1. The zero-order valence-electron chi connectivity index (χ0n) is 9.15. The van der Waals surface area contributed by atoms with E-state index in [-0.39, 0.29) is 0 Å².